The number of carbonyl (C=O) groups excluding carboxylic acids is 1. The van der Waals surface area contributed by atoms with E-state index in [1.165, 1.54) is 32.5 Å². The van der Waals surface area contributed by atoms with Gasteiger partial charge in [-0.3, -0.25) is 4.79 Å². The lowest BCUT2D eigenvalue weighted by atomic mass is 9.96. The van der Waals surface area contributed by atoms with Gasteiger partial charge in [0.2, 0.25) is 0 Å². The van der Waals surface area contributed by atoms with Gasteiger partial charge in [-0.05, 0) is 61.0 Å². The Labute approximate surface area is 192 Å². The predicted octanol–water partition coefficient (Wildman–Crippen LogP) is 2.86. The first-order valence-electron chi connectivity index (χ1n) is 11.4. The van der Waals surface area contributed by atoms with E-state index < -0.39 is 0 Å². The van der Waals surface area contributed by atoms with Crippen LogP contribution in [0.15, 0.2) is 6.07 Å². The van der Waals surface area contributed by atoms with E-state index in [2.05, 4.69) is 32.8 Å². The molecule has 6 nitrogen and oxygen atoms in total. The van der Waals surface area contributed by atoms with Crippen molar-refractivity contribution < 1.29 is 14.3 Å². The van der Waals surface area contributed by atoms with Gasteiger partial charge in [-0.2, -0.15) is 0 Å². The summed E-state index contributed by atoms with van der Waals surface area (Å²) >= 11 is 2.31. The fraction of sp³-hybridized carbons (Fsp3) is 0.696. The second-order valence-electron chi connectivity index (χ2n) is 9.37. The first-order chi connectivity index (χ1) is 14.7. The maximum Gasteiger partial charge on any atom is 0.255 e. The Bertz CT molecular complexity index is 799. The van der Waals surface area contributed by atoms with Crippen LogP contribution in [0.5, 0.6) is 5.75 Å². The number of anilines is 1. The van der Waals surface area contributed by atoms with Gasteiger partial charge < -0.3 is 25.4 Å². The number of amides is 1. The lowest BCUT2D eigenvalue weighted by molar-refractivity contribution is 0.0535. The zero-order valence-corrected chi connectivity index (χ0v) is 19.7. The molecule has 3 fully saturated rings. The number of piperidine rings is 1. The molecule has 1 amide bonds. The van der Waals surface area contributed by atoms with Gasteiger partial charge >= 0.3 is 0 Å². The minimum atomic E-state index is -0.0108. The molecule has 7 heteroatoms. The number of nitrogens with one attached hydrogen (secondary N) is 1. The molecule has 1 aromatic carbocycles. The largest absolute Gasteiger partial charge is 0.492 e. The van der Waals surface area contributed by atoms with Crippen molar-refractivity contribution in [2.24, 2.45) is 23.7 Å². The SMILES string of the molecule is Nc1c(CI)cc(C(=O)NCC2C3CN(CC4CCOCC4)CC23)c2c1CCCO2. The highest BCUT2D eigenvalue weighted by Gasteiger charge is 2.55. The number of nitrogens with two attached hydrogens (primary N) is 1. The smallest absolute Gasteiger partial charge is 0.255 e. The molecule has 3 N–H and O–H groups in total. The molecule has 2 unspecified atom stereocenters. The van der Waals surface area contributed by atoms with Gasteiger partial charge in [0.15, 0.2) is 0 Å². The normalized spacial score (nSPS) is 28.5. The number of fused-ring (bicyclic) bond motifs is 2. The van der Waals surface area contributed by atoms with Crippen molar-refractivity contribution in [2.75, 3.05) is 51.7 Å². The highest BCUT2D eigenvalue weighted by Crippen LogP contribution is 2.51. The fourth-order valence-electron chi connectivity index (χ4n) is 5.70. The second kappa shape index (κ2) is 8.82. The molecule has 1 saturated carbocycles. The molecule has 164 valence electrons. The maximum atomic E-state index is 13.0. The van der Waals surface area contributed by atoms with Crippen LogP contribution in [0.25, 0.3) is 0 Å². The molecular formula is C23H32IN3O3. The topological polar surface area (TPSA) is 76.8 Å². The first kappa shape index (κ1) is 20.8. The maximum absolute atomic E-state index is 13.0. The molecule has 2 atom stereocenters. The minimum Gasteiger partial charge on any atom is -0.492 e. The number of benzene rings is 1. The number of rotatable bonds is 6. The Morgan fingerprint density at radius 3 is 2.73 bits per heavy atom. The van der Waals surface area contributed by atoms with Crippen molar-refractivity contribution in [2.45, 2.75) is 30.1 Å². The summed E-state index contributed by atoms with van der Waals surface area (Å²) in [5, 5.41) is 3.21. The van der Waals surface area contributed by atoms with Gasteiger partial charge in [-0.1, -0.05) is 22.6 Å². The van der Waals surface area contributed by atoms with Gasteiger partial charge in [0.05, 0.1) is 12.2 Å². The van der Waals surface area contributed by atoms with Crippen molar-refractivity contribution >= 4 is 34.2 Å². The molecule has 5 rings (SSSR count). The monoisotopic (exact) mass is 525 g/mol. The third kappa shape index (κ3) is 4.05. The third-order valence-corrected chi connectivity index (χ3v) is 8.34. The number of nitrogen functional groups attached to an aromatic ring is 1. The summed E-state index contributed by atoms with van der Waals surface area (Å²) in [5.74, 6) is 3.65. The molecule has 3 aliphatic heterocycles. The van der Waals surface area contributed by atoms with Crippen LogP contribution in [0, 0.1) is 23.7 Å². The van der Waals surface area contributed by atoms with Crippen molar-refractivity contribution in [1.29, 1.82) is 0 Å². The van der Waals surface area contributed by atoms with Crippen molar-refractivity contribution in [1.82, 2.24) is 10.2 Å². The molecule has 0 radical (unpaired) electrons. The number of nitrogens with zero attached hydrogens (tertiary/aromatic N) is 1. The van der Waals surface area contributed by atoms with Crippen LogP contribution < -0.4 is 15.8 Å². The highest BCUT2D eigenvalue weighted by atomic mass is 127. The summed E-state index contributed by atoms with van der Waals surface area (Å²) in [7, 11) is 0. The van der Waals surface area contributed by atoms with Crippen LogP contribution in [-0.2, 0) is 15.6 Å². The van der Waals surface area contributed by atoms with E-state index in [1.807, 2.05) is 6.07 Å². The van der Waals surface area contributed by atoms with E-state index >= 15 is 0 Å². The summed E-state index contributed by atoms with van der Waals surface area (Å²) in [4.78, 5) is 15.7. The van der Waals surface area contributed by atoms with E-state index in [-0.39, 0.29) is 5.91 Å². The van der Waals surface area contributed by atoms with Crippen LogP contribution >= 0.6 is 22.6 Å². The Balaban J connectivity index is 1.16. The number of hydrogen-bond acceptors (Lipinski definition) is 5. The number of alkyl halides is 1. The van der Waals surface area contributed by atoms with E-state index in [0.717, 1.165) is 71.6 Å². The van der Waals surface area contributed by atoms with E-state index in [4.69, 9.17) is 15.2 Å². The zero-order valence-electron chi connectivity index (χ0n) is 17.5. The second-order valence-corrected chi connectivity index (χ2v) is 10.1. The van der Waals surface area contributed by atoms with Gasteiger partial charge in [0, 0.05) is 55.1 Å². The zero-order chi connectivity index (χ0) is 20.7. The standard InChI is InChI=1S/C23H32IN3O3/c24-9-15-8-17(22-16(21(15)25)2-1-5-30-22)23(28)26-10-18-19-12-27(13-20(18)19)11-14-3-6-29-7-4-14/h8,14,18-20H,1-7,9-13,25H2,(H,26,28). The minimum absolute atomic E-state index is 0.0108. The van der Waals surface area contributed by atoms with Gasteiger partial charge in [0.25, 0.3) is 5.91 Å². The Morgan fingerprint density at radius 1 is 1.23 bits per heavy atom. The number of ether oxygens (including phenoxy) is 2. The van der Waals surface area contributed by atoms with Crippen LogP contribution in [0.2, 0.25) is 0 Å². The van der Waals surface area contributed by atoms with Crippen LogP contribution in [0.3, 0.4) is 0 Å². The lowest BCUT2D eigenvalue weighted by Crippen LogP contribution is -2.35. The molecule has 1 aromatic rings. The summed E-state index contributed by atoms with van der Waals surface area (Å²) in [6.45, 7) is 6.91. The van der Waals surface area contributed by atoms with Crippen LogP contribution in [0.4, 0.5) is 5.69 Å². The van der Waals surface area contributed by atoms with Crippen molar-refractivity contribution in [3.63, 3.8) is 0 Å². The molecule has 30 heavy (non-hydrogen) atoms. The molecule has 0 spiro atoms. The lowest BCUT2D eigenvalue weighted by Gasteiger charge is -2.28. The highest BCUT2D eigenvalue weighted by molar-refractivity contribution is 14.1. The predicted molar refractivity (Wildman–Crippen MR) is 125 cm³/mol. The molecule has 3 heterocycles. The van der Waals surface area contributed by atoms with Crippen molar-refractivity contribution in [3.05, 3.63) is 22.8 Å². The average Bonchev–Trinajstić information content (AvgIpc) is 3.23. The molecule has 0 aromatic heterocycles. The van der Waals surface area contributed by atoms with E-state index in [9.17, 15) is 4.79 Å². The number of halogens is 1. The average molecular weight is 525 g/mol. The number of carbonyl (C=O) groups is 1. The fourth-order valence-corrected chi connectivity index (χ4v) is 6.33. The Morgan fingerprint density at radius 2 is 2.00 bits per heavy atom. The summed E-state index contributed by atoms with van der Waals surface area (Å²) in [5.41, 5.74) is 9.86. The number of hydrogen-bond donors (Lipinski definition) is 2. The van der Waals surface area contributed by atoms with E-state index in [1.54, 1.807) is 0 Å². The summed E-state index contributed by atoms with van der Waals surface area (Å²) < 4.78 is 12.2. The number of likely N-dealkylation sites (tertiary alicyclic amines) is 1. The first-order valence-corrected chi connectivity index (χ1v) is 12.9. The van der Waals surface area contributed by atoms with Gasteiger partial charge in [-0.15, -0.1) is 0 Å². The Kier molecular flexibility index (Phi) is 6.12. The van der Waals surface area contributed by atoms with Gasteiger partial charge in [0.1, 0.15) is 5.75 Å². The molecular weight excluding hydrogens is 493 g/mol. The molecule has 0 bridgehead atoms. The Hall–Kier alpha value is -1.06. The molecule has 4 aliphatic rings. The van der Waals surface area contributed by atoms with Crippen LogP contribution in [-0.4, -0.2) is 56.8 Å². The quantitative estimate of drug-likeness (QED) is 0.340. The molecule has 1 aliphatic carbocycles. The molecule has 2 saturated heterocycles. The summed E-state index contributed by atoms with van der Waals surface area (Å²) in [6.07, 6.45) is 4.26. The van der Waals surface area contributed by atoms with Gasteiger partial charge in [-0.25, -0.2) is 0 Å². The van der Waals surface area contributed by atoms with Crippen molar-refractivity contribution in [3.8, 4) is 5.75 Å². The van der Waals surface area contributed by atoms with E-state index in [0.29, 0.717) is 23.8 Å². The summed E-state index contributed by atoms with van der Waals surface area (Å²) in [6, 6.07) is 1.94. The third-order valence-electron chi connectivity index (χ3n) is 7.52. The van der Waals surface area contributed by atoms with Crippen LogP contribution in [0.1, 0.15) is 40.7 Å².